The molecule has 0 saturated carbocycles. The fourth-order valence-corrected chi connectivity index (χ4v) is 5.96. The van der Waals surface area contributed by atoms with Gasteiger partial charge in [-0.05, 0) is 46.0 Å². The van der Waals surface area contributed by atoms with Crippen LogP contribution >= 0.6 is 11.8 Å². The second-order valence-electron chi connectivity index (χ2n) is 10.4. The van der Waals surface area contributed by atoms with Crippen LogP contribution in [0.15, 0.2) is 97.3 Å². The predicted molar refractivity (Wildman–Crippen MR) is 165 cm³/mol. The molecular weight excluding hydrogens is 548 g/mol. The number of pyridine rings is 1. The molecule has 0 spiro atoms. The molecule has 0 radical (unpaired) electrons. The molecule has 1 aliphatic rings. The maximum atomic E-state index is 12.4. The number of thioether (sulfide) groups is 1. The summed E-state index contributed by atoms with van der Waals surface area (Å²) in [6, 6.07) is 27.7. The monoisotopic (exact) mass is 584 g/mol. The molecule has 1 saturated heterocycles. The first-order valence-corrected chi connectivity index (χ1v) is 15.3. The fraction of sp³-hybridized carbons (Fsp3) is 0.294. The van der Waals surface area contributed by atoms with Crippen LogP contribution in [-0.4, -0.2) is 45.3 Å². The topological polar surface area (TPSA) is 101 Å². The largest absolute Gasteiger partial charge is 0.396 e. The molecule has 4 atom stereocenters. The summed E-state index contributed by atoms with van der Waals surface area (Å²) in [5.41, 5.74) is 6.47. The molecule has 4 aromatic rings. The van der Waals surface area contributed by atoms with Crippen LogP contribution in [-0.2, 0) is 22.6 Å². The van der Waals surface area contributed by atoms with Gasteiger partial charge in [-0.3, -0.25) is 9.78 Å². The smallest absolute Gasteiger partial charge is 0.253 e. The number of nitrogens with one attached hydrogen (secondary N) is 1. The van der Waals surface area contributed by atoms with Gasteiger partial charge in [0.25, 0.3) is 5.91 Å². The van der Waals surface area contributed by atoms with Crippen LogP contribution < -0.4 is 5.32 Å². The predicted octanol–water partition coefficient (Wildman–Crippen LogP) is 5.69. The van der Waals surface area contributed by atoms with E-state index < -0.39 is 6.29 Å². The van der Waals surface area contributed by atoms with Crippen molar-refractivity contribution in [2.75, 3.05) is 18.1 Å². The first-order chi connectivity index (χ1) is 20.6. The molecule has 0 aliphatic carbocycles. The summed E-state index contributed by atoms with van der Waals surface area (Å²) < 4.78 is 13.0. The van der Waals surface area contributed by atoms with Gasteiger partial charge in [0.05, 0.1) is 31.0 Å². The van der Waals surface area contributed by atoms with E-state index in [0.717, 1.165) is 39.1 Å². The summed E-state index contributed by atoms with van der Waals surface area (Å²) in [7, 11) is 0. The lowest BCUT2D eigenvalue weighted by atomic mass is 9.91. The van der Waals surface area contributed by atoms with Crippen LogP contribution in [0.4, 0.5) is 0 Å². The van der Waals surface area contributed by atoms with Crippen molar-refractivity contribution in [2.45, 2.75) is 38.6 Å². The molecule has 1 fully saturated rings. The van der Waals surface area contributed by atoms with Crippen molar-refractivity contribution < 1.29 is 24.5 Å². The Morgan fingerprint density at radius 3 is 2.40 bits per heavy atom. The molecular formula is C34H36N2O5S. The summed E-state index contributed by atoms with van der Waals surface area (Å²) in [6.45, 7) is 2.69. The molecule has 3 N–H and O–H groups in total. The number of aliphatic hydroxyl groups is 2. The lowest BCUT2D eigenvalue weighted by Gasteiger charge is -2.41. The minimum absolute atomic E-state index is 0.00279. The van der Waals surface area contributed by atoms with E-state index in [1.54, 1.807) is 36.3 Å². The summed E-state index contributed by atoms with van der Waals surface area (Å²) in [4.78, 5) is 16.4. The van der Waals surface area contributed by atoms with Crippen molar-refractivity contribution in [3.8, 4) is 11.1 Å². The lowest BCUT2D eigenvalue weighted by molar-refractivity contribution is -0.268. The van der Waals surface area contributed by atoms with Gasteiger partial charge in [0.2, 0.25) is 0 Å². The van der Waals surface area contributed by atoms with E-state index in [2.05, 4.69) is 41.5 Å². The Morgan fingerprint density at radius 1 is 0.905 bits per heavy atom. The van der Waals surface area contributed by atoms with E-state index in [-0.39, 0.29) is 37.2 Å². The number of hydrogen-bond acceptors (Lipinski definition) is 7. The van der Waals surface area contributed by atoms with Crippen LogP contribution in [0, 0.1) is 5.92 Å². The maximum absolute atomic E-state index is 12.4. The summed E-state index contributed by atoms with van der Waals surface area (Å²) in [5.74, 6) is 1.37. The number of hydrogen-bond donors (Lipinski definition) is 3. The van der Waals surface area contributed by atoms with Crippen molar-refractivity contribution in [3.63, 3.8) is 0 Å². The Morgan fingerprint density at radius 2 is 1.69 bits per heavy atom. The number of carbonyl (C=O) groups excluding carboxylic acids is 1. The molecule has 42 heavy (non-hydrogen) atoms. The van der Waals surface area contributed by atoms with Gasteiger partial charge in [-0.2, -0.15) is 11.8 Å². The Labute approximate surface area is 250 Å². The van der Waals surface area contributed by atoms with Crippen molar-refractivity contribution in [2.24, 2.45) is 5.92 Å². The van der Waals surface area contributed by atoms with Crippen LogP contribution in [0.5, 0.6) is 0 Å². The van der Waals surface area contributed by atoms with Crippen LogP contribution in [0.1, 0.15) is 51.9 Å². The molecule has 5 rings (SSSR count). The van der Waals surface area contributed by atoms with E-state index in [1.807, 2.05) is 48.5 Å². The minimum Gasteiger partial charge on any atom is -0.396 e. The minimum atomic E-state index is -0.536. The molecule has 2 heterocycles. The molecule has 7 nitrogen and oxygen atoms in total. The van der Waals surface area contributed by atoms with Gasteiger partial charge in [0, 0.05) is 41.9 Å². The third kappa shape index (κ3) is 7.45. The number of carbonyl (C=O) groups is 1. The third-order valence-electron chi connectivity index (χ3n) is 7.46. The number of nitrogens with zero attached hydrogens (tertiary/aromatic N) is 1. The van der Waals surface area contributed by atoms with Gasteiger partial charge >= 0.3 is 0 Å². The Balaban J connectivity index is 1.30. The number of rotatable bonds is 11. The first kappa shape index (κ1) is 29.9. The number of ether oxygens (including phenoxy) is 2. The molecule has 8 heteroatoms. The van der Waals surface area contributed by atoms with E-state index in [4.69, 9.17) is 9.47 Å². The Bertz CT molecular complexity index is 1430. The standard InChI is InChI=1S/C34H36N2O5S/c1-23-31(22-42-17-16-37)40-34(41-32(23)27-9-7-24(21-38)8-10-27)28-13-11-26(12-14-28)29-5-2-4-25(18-29)19-36-33(39)30-6-3-15-35-20-30/h2-15,18,20,23,31-32,34,37-38H,16-17,19,21-22H2,1H3,(H,36,39)/t23-,31+,32+,34+/m1/s1. The molecule has 1 aromatic heterocycles. The molecule has 1 amide bonds. The molecule has 0 unspecified atom stereocenters. The normalized spacial score (nSPS) is 20.3. The maximum Gasteiger partial charge on any atom is 0.253 e. The van der Waals surface area contributed by atoms with E-state index in [9.17, 15) is 15.0 Å². The summed E-state index contributed by atoms with van der Waals surface area (Å²) in [6.07, 6.45) is 2.44. The number of aromatic nitrogens is 1. The van der Waals surface area contributed by atoms with Crippen molar-refractivity contribution in [1.82, 2.24) is 10.3 Å². The quantitative estimate of drug-likeness (QED) is 0.195. The summed E-state index contributed by atoms with van der Waals surface area (Å²) >= 11 is 1.68. The zero-order chi connectivity index (χ0) is 29.3. The SMILES string of the molecule is C[C@@H]1[C@H](CSCCO)O[C@H](c2ccc(-c3cccc(CNC(=O)c4cccnc4)c3)cc2)O[C@@H]1c1ccc(CO)cc1. The zero-order valence-corrected chi connectivity index (χ0v) is 24.4. The highest BCUT2D eigenvalue weighted by molar-refractivity contribution is 7.99. The van der Waals surface area contributed by atoms with Gasteiger partial charge in [0.15, 0.2) is 6.29 Å². The molecule has 1 aliphatic heterocycles. The second-order valence-corrected chi connectivity index (χ2v) is 11.5. The highest BCUT2D eigenvalue weighted by atomic mass is 32.2. The average Bonchev–Trinajstić information content (AvgIpc) is 3.05. The van der Waals surface area contributed by atoms with E-state index in [0.29, 0.717) is 17.9 Å². The highest BCUT2D eigenvalue weighted by Gasteiger charge is 2.38. The third-order valence-corrected chi connectivity index (χ3v) is 8.50. The van der Waals surface area contributed by atoms with Gasteiger partial charge in [0.1, 0.15) is 0 Å². The molecule has 0 bridgehead atoms. The van der Waals surface area contributed by atoms with Gasteiger partial charge < -0.3 is 25.0 Å². The number of amides is 1. The van der Waals surface area contributed by atoms with Gasteiger partial charge in [-0.1, -0.05) is 73.7 Å². The Hall–Kier alpha value is -3.53. The number of aliphatic hydroxyl groups excluding tert-OH is 2. The second kappa shape index (κ2) is 14.6. The van der Waals surface area contributed by atoms with Crippen molar-refractivity contribution in [1.29, 1.82) is 0 Å². The summed E-state index contributed by atoms with van der Waals surface area (Å²) in [5, 5.41) is 21.7. The number of benzene rings is 3. The fourth-order valence-electron chi connectivity index (χ4n) is 5.05. The van der Waals surface area contributed by atoms with Crippen molar-refractivity contribution >= 4 is 17.7 Å². The highest BCUT2D eigenvalue weighted by Crippen LogP contribution is 2.42. The van der Waals surface area contributed by atoms with E-state index >= 15 is 0 Å². The van der Waals surface area contributed by atoms with Crippen LogP contribution in [0.2, 0.25) is 0 Å². The Kier molecular flexibility index (Phi) is 10.4. The first-order valence-electron chi connectivity index (χ1n) is 14.1. The van der Waals surface area contributed by atoms with Crippen LogP contribution in [0.25, 0.3) is 11.1 Å². The molecule has 3 aromatic carbocycles. The van der Waals surface area contributed by atoms with E-state index in [1.165, 1.54) is 0 Å². The van der Waals surface area contributed by atoms with Crippen molar-refractivity contribution in [3.05, 3.63) is 125 Å². The average molecular weight is 585 g/mol. The molecule has 218 valence electrons. The zero-order valence-electron chi connectivity index (χ0n) is 23.6. The lowest BCUT2D eigenvalue weighted by Crippen LogP contribution is -2.38. The van der Waals surface area contributed by atoms with Gasteiger partial charge in [-0.15, -0.1) is 0 Å². The van der Waals surface area contributed by atoms with Gasteiger partial charge in [-0.25, -0.2) is 0 Å². The van der Waals surface area contributed by atoms with Crippen LogP contribution in [0.3, 0.4) is 0 Å².